The van der Waals surface area contributed by atoms with Crippen LogP contribution in [0, 0.1) is 0 Å². The molecule has 0 atom stereocenters. The van der Waals surface area contributed by atoms with E-state index >= 15 is 0 Å². The highest BCUT2D eigenvalue weighted by molar-refractivity contribution is 8.01. The van der Waals surface area contributed by atoms with Gasteiger partial charge in [0.2, 0.25) is 0 Å². The minimum absolute atomic E-state index is 1.31. The van der Waals surface area contributed by atoms with E-state index in [2.05, 4.69) is 17.5 Å². The van der Waals surface area contributed by atoms with E-state index in [9.17, 15) is 0 Å². The molecule has 0 aromatic carbocycles. The molecule has 0 fully saturated rings. The molecule has 1 rings (SSSR count). The first kappa shape index (κ1) is 8.36. The molecule has 1 aromatic rings. The lowest BCUT2D eigenvalue weighted by atomic mass is 10.6. The van der Waals surface area contributed by atoms with E-state index in [0.29, 0.717) is 0 Å². The number of rotatable bonds is 4. The SMILES string of the molecule is [SiH3]CCCSc1cccs1. The molecule has 56 valence electrons. The van der Waals surface area contributed by atoms with Crippen LogP contribution in [0.25, 0.3) is 0 Å². The fraction of sp³-hybridized carbons (Fsp3) is 0.429. The van der Waals surface area contributed by atoms with E-state index in [1.54, 1.807) is 0 Å². The van der Waals surface area contributed by atoms with Crippen molar-refractivity contribution in [2.75, 3.05) is 5.75 Å². The minimum Gasteiger partial charge on any atom is -0.137 e. The highest BCUT2D eigenvalue weighted by Crippen LogP contribution is 2.23. The summed E-state index contributed by atoms with van der Waals surface area (Å²) in [4.78, 5) is 0. The molecule has 0 amide bonds. The highest BCUT2D eigenvalue weighted by atomic mass is 32.2. The standard InChI is InChI=1S/C7H12S2Si/c10-6-2-5-9-7-3-1-4-8-7/h1,3-4H,2,5-6H2,10H3. The molecule has 1 aromatic heterocycles. The summed E-state index contributed by atoms with van der Waals surface area (Å²) in [6, 6.07) is 5.76. The van der Waals surface area contributed by atoms with E-state index in [1.807, 2.05) is 23.1 Å². The monoisotopic (exact) mass is 188 g/mol. The van der Waals surface area contributed by atoms with Crippen LogP contribution in [0.5, 0.6) is 0 Å². The summed E-state index contributed by atoms with van der Waals surface area (Å²) in [6.45, 7) is 0. The van der Waals surface area contributed by atoms with Gasteiger partial charge >= 0.3 is 0 Å². The van der Waals surface area contributed by atoms with Gasteiger partial charge in [0.1, 0.15) is 0 Å². The van der Waals surface area contributed by atoms with Crippen molar-refractivity contribution in [3.63, 3.8) is 0 Å². The molecule has 1 heterocycles. The summed E-state index contributed by atoms with van der Waals surface area (Å²) in [5.74, 6) is 1.31. The van der Waals surface area contributed by atoms with Crippen LogP contribution in [0.15, 0.2) is 21.7 Å². The average molecular weight is 188 g/mol. The second-order valence-corrected chi connectivity index (χ2v) is 5.48. The van der Waals surface area contributed by atoms with Crippen molar-refractivity contribution >= 4 is 33.3 Å². The molecule has 0 bridgehead atoms. The van der Waals surface area contributed by atoms with E-state index in [1.165, 1.54) is 32.7 Å². The Hall–Kier alpha value is 0.267. The van der Waals surface area contributed by atoms with Gasteiger partial charge in [-0.15, -0.1) is 23.1 Å². The lowest BCUT2D eigenvalue weighted by Crippen LogP contribution is -1.75. The zero-order valence-electron chi connectivity index (χ0n) is 6.17. The molecule has 0 unspecified atom stereocenters. The molecule has 0 aliphatic heterocycles. The van der Waals surface area contributed by atoms with Crippen molar-refractivity contribution in [2.24, 2.45) is 0 Å². The largest absolute Gasteiger partial charge is 0.137 e. The number of hydrogen-bond donors (Lipinski definition) is 0. The summed E-state index contributed by atoms with van der Waals surface area (Å²) >= 11 is 3.84. The lowest BCUT2D eigenvalue weighted by Gasteiger charge is -1.93. The average Bonchev–Trinajstić information content (AvgIpc) is 2.41. The quantitative estimate of drug-likeness (QED) is 0.396. The van der Waals surface area contributed by atoms with Crippen molar-refractivity contribution in [1.82, 2.24) is 0 Å². The van der Waals surface area contributed by atoms with Gasteiger partial charge in [-0.3, -0.25) is 0 Å². The van der Waals surface area contributed by atoms with Crippen LogP contribution in [0.2, 0.25) is 6.04 Å². The third-order valence-corrected chi connectivity index (χ3v) is 4.16. The maximum atomic E-state index is 2.20. The van der Waals surface area contributed by atoms with Crippen LogP contribution in [-0.2, 0) is 0 Å². The third-order valence-electron chi connectivity index (χ3n) is 1.24. The molecular formula is C7H12S2Si. The van der Waals surface area contributed by atoms with Gasteiger partial charge in [-0.05, 0) is 23.6 Å². The van der Waals surface area contributed by atoms with E-state index in [0.717, 1.165) is 0 Å². The van der Waals surface area contributed by atoms with Gasteiger partial charge in [0.15, 0.2) is 0 Å². The topological polar surface area (TPSA) is 0 Å². The second kappa shape index (κ2) is 4.99. The molecule has 10 heavy (non-hydrogen) atoms. The zero-order chi connectivity index (χ0) is 7.23. The maximum Gasteiger partial charge on any atom is 0.0598 e. The van der Waals surface area contributed by atoms with Crippen molar-refractivity contribution in [2.45, 2.75) is 16.7 Å². The Morgan fingerprint density at radius 3 is 3.10 bits per heavy atom. The Balaban J connectivity index is 2.15. The normalized spacial score (nSPS) is 10.4. The molecule has 0 N–H and O–H groups in total. The molecule has 0 saturated carbocycles. The fourth-order valence-electron chi connectivity index (χ4n) is 0.663. The fourth-order valence-corrected chi connectivity index (χ4v) is 3.47. The molecular weight excluding hydrogens is 176 g/mol. The smallest absolute Gasteiger partial charge is 0.0598 e. The Morgan fingerprint density at radius 2 is 2.50 bits per heavy atom. The minimum atomic E-state index is 1.31. The van der Waals surface area contributed by atoms with Gasteiger partial charge in [0.05, 0.1) is 4.21 Å². The Bertz CT molecular complexity index is 160. The van der Waals surface area contributed by atoms with Crippen molar-refractivity contribution in [1.29, 1.82) is 0 Å². The summed E-state index contributed by atoms with van der Waals surface area (Å²) < 4.78 is 1.47. The number of hydrogen-bond acceptors (Lipinski definition) is 2. The van der Waals surface area contributed by atoms with Crippen molar-refractivity contribution in [3.05, 3.63) is 17.5 Å². The summed E-state index contributed by atoms with van der Waals surface area (Å²) in [6.07, 6.45) is 1.40. The molecule has 3 heteroatoms. The van der Waals surface area contributed by atoms with Crippen LogP contribution in [0.4, 0.5) is 0 Å². The predicted octanol–water partition coefficient (Wildman–Crippen LogP) is 2.01. The summed E-state index contributed by atoms with van der Waals surface area (Å²) in [5.41, 5.74) is 0. The molecule has 0 radical (unpaired) electrons. The van der Waals surface area contributed by atoms with E-state index in [-0.39, 0.29) is 0 Å². The van der Waals surface area contributed by atoms with Gasteiger partial charge in [-0.1, -0.05) is 12.1 Å². The van der Waals surface area contributed by atoms with Gasteiger partial charge in [-0.25, -0.2) is 0 Å². The number of thioether (sulfide) groups is 1. The van der Waals surface area contributed by atoms with E-state index < -0.39 is 0 Å². The van der Waals surface area contributed by atoms with Crippen molar-refractivity contribution < 1.29 is 0 Å². The van der Waals surface area contributed by atoms with Crippen LogP contribution in [-0.4, -0.2) is 16.0 Å². The van der Waals surface area contributed by atoms with Gasteiger partial charge < -0.3 is 0 Å². The lowest BCUT2D eigenvalue weighted by molar-refractivity contribution is 1.10. The van der Waals surface area contributed by atoms with Crippen molar-refractivity contribution in [3.8, 4) is 0 Å². The third kappa shape index (κ3) is 2.90. The first-order valence-electron chi connectivity index (χ1n) is 3.60. The van der Waals surface area contributed by atoms with Gasteiger partial charge in [0.25, 0.3) is 0 Å². The predicted molar refractivity (Wildman–Crippen MR) is 54.4 cm³/mol. The molecule has 0 nitrogen and oxygen atoms in total. The summed E-state index contributed by atoms with van der Waals surface area (Å²) in [7, 11) is 1.36. The Labute approximate surface area is 73.5 Å². The molecule has 0 spiro atoms. The van der Waals surface area contributed by atoms with Gasteiger partial charge in [-0.2, -0.15) is 0 Å². The summed E-state index contributed by atoms with van der Waals surface area (Å²) in [5, 5.41) is 2.14. The molecule has 0 aliphatic carbocycles. The van der Waals surface area contributed by atoms with Crippen LogP contribution in [0.1, 0.15) is 6.42 Å². The first-order chi connectivity index (χ1) is 4.93. The zero-order valence-corrected chi connectivity index (χ0v) is 9.80. The van der Waals surface area contributed by atoms with Crippen LogP contribution < -0.4 is 0 Å². The molecule has 0 aliphatic rings. The highest BCUT2D eigenvalue weighted by Gasteiger charge is 1.91. The van der Waals surface area contributed by atoms with Gasteiger partial charge in [0, 0.05) is 10.2 Å². The first-order valence-corrected chi connectivity index (χ1v) is 6.87. The maximum absolute atomic E-state index is 2.20. The van der Waals surface area contributed by atoms with Crippen LogP contribution >= 0.6 is 23.1 Å². The van der Waals surface area contributed by atoms with Crippen LogP contribution in [0.3, 0.4) is 0 Å². The Morgan fingerprint density at radius 1 is 1.60 bits per heavy atom. The second-order valence-electron chi connectivity index (χ2n) is 2.13. The molecule has 0 saturated heterocycles. The number of thiophene rings is 1. The Kier molecular flexibility index (Phi) is 4.17. The van der Waals surface area contributed by atoms with E-state index in [4.69, 9.17) is 0 Å².